The molecule has 3 rings (SSSR count). The first-order valence-electron chi connectivity index (χ1n) is 7.14. The summed E-state index contributed by atoms with van der Waals surface area (Å²) < 4.78 is 5.69. The maximum atomic E-state index is 12.4. The van der Waals surface area contributed by atoms with E-state index in [4.69, 9.17) is 4.42 Å². The van der Waals surface area contributed by atoms with Gasteiger partial charge >= 0.3 is 0 Å². The molecule has 112 valence electrons. The topological polar surface area (TPSA) is 58.4 Å². The van der Waals surface area contributed by atoms with Crippen molar-refractivity contribution in [3.8, 4) is 11.5 Å². The lowest BCUT2D eigenvalue weighted by Crippen LogP contribution is -2.52. The average molecular weight is 305 g/mol. The number of hydrogen-bond acceptors (Lipinski definition) is 5. The molecule has 3 heterocycles. The van der Waals surface area contributed by atoms with E-state index in [1.165, 1.54) is 0 Å². The Morgan fingerprint density at radius 1 is 1.62 bits per heavy atom. The van der Waals surface area contributed by atoms with Crippen LogP contribution in [0.2, 0.25) is 0 Å². The van der Waals surface area contributed by atoms with Gasteiger partial charge in [0.1, 0.15) is 5.76 Å². The fourth-order valence-corrected chi connectivity index (χ4v) is 3.19. The molecule has 2 aromatic heterocycles. The van der Waals surface area contributed by atoms with Gasteiger partial charge in [-0.3, -0.25) is 4.79 Å². The number of oxazole rings is 1. The van der Waals surface area contributed by atoms with Crippen molar-refractivity contribution in [3.05, 3.63) is 28.3 Å². The van der Waals surface area contributed by atoms with E-state index in [1.54, 1.807) is 11.3 Å². The number of thiophene rings is 1. The number of rotatable bonds is 3. The van der Waals surface area contributed by atoms with Gasteiger partial charge in [0, 0.05) is 36.6 Å². The monoisotopic (exact) mass is 305 g/mol. The van der Waals surface area contributed by atoms with Crippen LogP contribution in [0, 0.1) is 6.92 Å². The van der Waals surface area contributed by atoms with Crippen molar-refractivity contribution in [1.82, 2.24) is 15.2 Å². The van der Waals surface area contributed by atoms with Crippen molar-refractivity contribution in [3.63, 3.8) is 0 Å². The zero-order valence-corrected chi connectivity index (χ0v) is 13.1. The van der Waals surface area contributed by atoms with Crippen molar-refractivity contribution < 1.29 is 9.21 Å². The summed E-state index contributed by atoms with van der Waals surface area (Å²) in [5.74, 6) is 1.45. The highest BCUT2D eigenvalue weighted by molar-refractivity contribution is 7.08. The molecule has 21 heavy (non-hydrogen) atoms. The minimum atomic E-state index is 0.122. The fourth-order valence-electron chi connectivity index (χ4n) is 2.56. The van der Waals surface area contributed by atoms with Crippen molar-refractivity contribution in [2.45, 2.75) is 26.3 Å². The van der Waals surface area contributed by atoms with Crippen molar-refractivity contribution in [2.75, 3.05) is 19.6 Å². The molecule has 1 amide bonds. The van der Waals surface area contributed by atoms with Gasteiger partial charge in [0.2, 0.25) is 11.8 Å². The molecular formula is C15H19N3O2S. The van der Waals surface area contributed by atoms with Crippen LogP contribution in [0.5, 0.6) is 0 Å². The maximum Gasteiger partial charge on any atom is 0.229 e. The number of aromatic nitrogens is 1. The second kappa shape index (κ2) is 5.99. The summed E-state index contributed by atoms with van der Waals surface area (Å²) in [6, 6.07) is 2.20. The van der Waals surface area contributed by atoms with Crippen LogP contribution in [0.15, 0.2) is 21.2 Å². The summed E-state index contributed by atoms with van der Waals surface area (Å²) in [5.41, 5.74) is 1.71. The predicted molar refractivity (Wildman–Crippen MR) is 82.3 cm³/mol. The molecule has 5 nitrogen and oxygen atoms in total. The number of carbonyl (C=O) groups excluding carboxylic acids is 1. The lowest BCUT2D eigenvalue weighted by Gasteiger charge is -2.33. The van der Waals surface area contributed by atoms with E-state index in [1.807, 2.05) is 28.7 Å². The number of carbonyl (C=O) groups is 1. The van der Waals surface area contributed by atoms with E-state index in [9.17, 15) is 4.79 Å². The quantitative estimate of drug-likeness (QED) is 0.943. The molecule has 1 saturated heterocycles. The second-order valence-corrected chi connectivity index (χ2v) is 6.13. The van der Waals surface area contributed by atoms with E-state index in [0.29, 0.717) is 12.3 Å². The van der Waals surface area contributed by atoms with Gasteiger partial charge in [-0.15, -0.1) is 0 Å². The zero-order valence-electron chi connectivity index (χ0n) is 12.3. The van der Waals surface area contributed by atoms with Crippen LogP contribution in [0.3, 0.4) is 0 Å². The van der Waals surface area contributed by atoms with Gasteiger partial charge in [-0.05, 0) is 25.3 Å². The highest BCUT2D eigenvalue weighted by Crippen LogP contribution is 2.24. The third-order valence-corrected chi connectivity index (χ3v) is 4.48. The summed E-state index contributed by atoms with van der Waals surface area (Å²) in [6.45, 7) is 6.40. The maximum absolute atomic E-state index is 12.4. The molecule has 1 N–H and O–H groups in total. The van der Waals surface area contributed by atoms with Crippen LogP contribution in [0.4, 0.5) is 0 Å². The zero-order chi connectivity index (χ0) is 14.8. The Balaban J connectivity index is 1.74. The Labute approximate surface area is 128 Å². The molecule has 1 atom stereocenters. The van der Waals surface area contributed by atoms with Gasteiger partial charge in [0.25, 0.3) is 0 Å². The molecular weight excluding hydrogens is 286 g/mol. The third-order valence-electron chi connectivity index (χ3n) is 3.80. The van der Waals surface area contributed by atoms with E-state index < -0.39 is 0 Å². The number of nitrogens with zero attached hydrogens (tertiary/aromatic N) is 2. The van der Waals surface area contributed by atoms with Crippen LogP contribution in [0.25, 0.3) is 11.5 Å². The highest BCUT2D eigenvalue weighted by Gasteiger charge is 2.24. The van der Waals surface area contributed by atoms with E-state index in [0.717, 1.165) is 36.7 Å². The minimum Gasteiger partial charge on any atom is -0.441 e. The molecule has 0 aromatic carbocycles. The largest absolute Gasteiger partial charge is 0.441 e. The summed E-state index contributed by atoms with van der Waals surface area (Å²) in [7, 11) is 0. The number of amides is 1. The molecule has 0 unspecified atom stereocenters. The van der Waals surface area contributed by atoms with Gasteiger partial charge < -0.3 is 14.6 Å². The first-order chi connectivity index (χ1) is 10.1. The van der Waals surface area contributed by atoms with Crippen molar-refractivity contribution in [2.24, 2.45) is 0 Å². The van der Waals surface area contributed by atoms with Crippen molar-refractivity contribution >= 4 is 17.2 Å². The molecule has 6 heteroatoms. The molecule has 2 aromatic rings. The SMILES string of the molecule is Cc1oc(-c2ccsc2)nc1CC(=O)N1CCNC[C@H]1C. The van der Waals surface area contributed by atoms with Gasteiger partial charge in [-0.2, -0.15) is 11.3 Å². The summed E-state index contributed by atoms with van der Waals surface area (Å²) in [6.07, 6.45) is 0.309. The van der Waals surface area contributed by atoms with E-state index >= 15 is 0 Å². The Bertz CT molecular complexity index is 621. The Kier molecular flexibility index (Phi) is 4.07. The molecule has 1 aliphatic heterocycles. The van der Waals surface area contributed by atoms with Gasteiger partial charge in [-0.25, -0.2) is 4.98 Å². The number of aryl methyl sites for hydroxylation is 1. The molecule has 1 fully saturated rings. The van der Waals surface area contributed by atoms with Crippen LogP contribution in [0.1, 0.15) is 18.4 Å². The average Bonchev–Trinajstić information content (AvgIpc) is 3.10. The standard InChI is InChI=1S/C15H19N3O2S/c1-10-8-16-4-5-18(10)14(19)7-13-11(2)20-15(17-13)12-3-6-21-9-12/h3,6,9-10,16H,4-5,7-8H2,1-2H3/t10-/m1/s1. The first-order valence-corrected chi connectivity index (χ1v) is 8.08. The lowest BCUT2D eigenvalue weighted by molar-refractivity contribution is -0.133. The molecule has 0 radical (unpaired) electrons. The molecule has 0 bridgehead atoms. The number of piperazine rings is 1. The Morgan fingerprint density at radius 3 is 3.19 bits per heavy atom. The Morgan fingerprint density at radius 2 is 2.48 bits per heavy atom. The van der Waals surface area contributed by atoms with Crippen LogP contribution < -0.4 is 5.32 Å². The molecule has 0 spiro atoms. The first kappa shape index (κ1) is 14.3. The number of nitrogens with one attached hydrogen (secondary N) is 1. The molecule has 1 aliphatic rings. The highest BCUT2D eigenvalue weighted by atomic mass is 32.1. The minimum absolute atomic E-state index is 0.122. The smallest absolute Gasteiger partial charge is 0.229 e. The van der Waals surface area contributed by atoms with Crippen LogP contribution >= 0.6 is 11.3 Å². The van der Waals surface area contributed by atoms with Crippen LogP contribution in [-0.2, 0) is 11.2 Å². The second-order valence-electron chi connectivity index (χ2n) is 5.35. The van der Waals surface area contributed by atoms with Gasteiger partial charge in [0.05, 0.1) is 12.1 Å². The Hall–Kier alpha value is -1.66. The van der Waals surface area contributed by atoms with E-state index in [-0.39, 0.29) is 11.9 Å². The molecule has 0 saturated carbocycles. The lowest BCUT2D eigenvalue weighted by atomic mass is 10.1. The normalized spacial score (nSPS) is 19.0. The fraction of sp³-hybridized carbons (Fsp3) is 0.467. The van der Waals surface area contributed by atoms with Gasteiger partial charge in [0.15, 0.2) is 0 Å². The summed E-state index contributed by atoms with van der Waals surface area (Å²) in [4.78, 5) is 18.9. The number of hydrogen-bond donors (Lipinski definition) is 1. The predicted octanol–water partition coefficient (Wildman–Crippen LogP) is 2.07. The van der Waals surface area contributed by atoms with E-state index in [2.05, 4.69) is 17.2 Å². The van der Waals surface area contributed by atoms with Crippen molar-refractivity contribution in [1.29, 1.82) is 0 Å². The summed E-state index contributed by atoms with van der Waals surface area (Å²) in [5, 5.41) is 7.27. The third kappa shape index (κ3) is 3.01. The molecule has 0 aliphatic carbocycles. The van der Waals surface area contributed by atoms with Crippen LogP contribution in [-0.4, -0.2) is 41.5 Å². The summed E-state index contributed by atoms with van der Waals surface area (Å²) >= 11 is 1.60. The van der Waals surface area contributed by atoms with Gasteiger partial charge in [-0.1, -0.05) is 0 Å².